The summed E-state index contributed by atoms with van der Waals surface area (Å²) in [5.74, 6) is 0.489. The monoisotopic (exact) mass is 386 g/mol. The molecule has 0 radical (unpaired) electrons. The minimum Gasteiger partial charge on any atom is -0.266 e. The molecule has 4 heteroatoms. The Morgan fingerprint density at radius 2 is 1.39 bits per heavy atom. The van der Waals surface area contributed by atoms with E-state index in [0.29, 0.717) is 16.6 Å². The summed E-state index contributed by atoms with van der Waals surface area (Å²) >= 11 is 5.97. The first kappa shape index (κ1) is 18.2. The third-order valence-electron chi connectivity index (χ3n) is 4.64. The van der Waals surface area contributed by atoms with Crippen LogP contribution in [0, 0.1) is 13.8 Å². The van der Waals surface area contributed by atoms with Crippen LogP contribution in [0.4, 0.5) is 5.69 Å². The predicted molar refractivity (Wildman–Crippen MR) is 116 cm³/mol. The number of hydrogen-bond acceptors (Lipinski definition) is 2. The van der Waals surface area contributed by atoms with E-state index in [9.17, 15) is 4.79 Å². The molecule has 0 unspecified atom stereocenters. The van der Waals surface area contributed by atoms with Gasteiger partial charge in [0.15, 0.2) is 0 Å². The van der Waals surface area contributed by atoms with Crippen molar-refractivity contribution < 1.29 is 4.79 Å². The van der Waals surface area contributed by atoms with Crippen molar-refractivity contribution >= 4 is 35.1 Å². The number of rotatable bonds is 3. The van der Waals surface area contributed by atoms with Crippen molar-refractivity contribution in [3.63, 3.8) is 0 Å². The lowest BCUT2D eigenvalue weighted by Gasteiger charge is -2.19. The van der Waals surface area contributed by atoms with Crippen LogP contribution >= 0.6 is 11.6 Å². The molecule has 3 aromatic rings. The van der Waals surface area contributed by atoms with Crippen LogP contribution in [0.1, 0.15) is 22.3 Å². The van der Waals surface area contributed by atoms with Crippen molar-refractivity contribution in [2.45, 2.75) is 13.8 Å². The van der Waals surface area contributed by atoms with Gasteiger partial charge < -0.3 is 0 Å². The molecule has 138 valence electrons. The van der Waals surface area contributed by atoms with Crippen LogP contribution in [0.15, 0.2) is 83.5 Å². The standard InChI is InChI=1S/C24H19ClN2O/c1-16-3-9-19(10-4-16)23-26-22(15-18-7-11-20(25)12-8-18)24(28)27(23)21-13-5-17(2)6-14-21/h3-15H,1-2H3/b22-15+. The summed E-state index contributed by atoms with van der Waals surface area (Å²) in [6.07, 6.45) is 1.79. The Kier molecular flexibility index (Phi) is 4.84. The van der Waals surface area contributed by atoms with Crippen LogP contribution in [-0.2, 0) is 4.79 Å². The van der Waals surface area contributed by atoms with Crippen LogP contribution in [0.5, 0.6) is 0 Å². The molecule has 0 fully saturated rings. The van der Waals surface area contributed by atoms with Crippen molar-refractivity contribution in [2.75, 3.05) is 4.90 Å². The highest BCUT2D eigenvalue weighted by Gasteiger charge is 2.32. The zero-order chi connectivity index (χ0) is 19.7. The zero-order valence-corrected chi connectivity index (χ0v) is 16.4. The van der Waals surface area contributed by atoms with Gasteiger partial charge in [-0.05, 0) is 49.8 Å². The Balaban J connectivity index is 1.81. The van der Waals surface area contributed by atoms with Gasteiger partial charge in [0, 0.05) is 10.6 Å². The smallest absolute Gasteiger partial charge is 0.266 e. The molecule has 0 aliphatic carbocycles. The van der Waals surface area contributed by atoms with Gasteiger partial charge in [-0.15, -0.1) is 0 Å². The molecule has 28 heavy (non-hydrogen) atoms. The summed E-state index contributed by atoms with van der Waals surface area (Å²) in [4.78, 5) is 19.6. The van der Waals surface area contributed by atoms with Gasteiger partial charge in [0.25, 0.3) is 5.91 Å². The highest BCUT2D eigenvalue weighted by molar-refractivity contribution is 6.33. The molecular formula is C24H19ClN2O. The first-order chi connectivity index (χ1) is 13.5. The highest BCUT2D eigenvalue weighted by atomic mass is 35.5. The molecule has 1 aliphatic heterocycles. The van der Waals surface area contributed by atoms with Crippen molar-refractivity contribution in [3.05, 3.63) is 106 Å². The second-order valence-electron chi connectivity index (χ2n) is 6.86. The van der Waals surface area contributed by atoms with Crippen LogP contribution in [0.3, 0.4) is 0 Å². The summed E-state index contributed by atoms with van der Waals surface area (Å²) in [5.41, 5.74) is 5.28. The number of amides is 1. The van der Waals surface area contributed by atoms with Crippen LogP contribution in [0.25, 0.3) is 6.08 Å². The largest absolute Gasteiger partial charge is 0.282 e. The Morgan fingerprint density at radius 3 is 2.00 bits per heavy atom. The summed E-state index contributed by atoms with van der Waals surface area (Å²) in [5, 5.41) is 0.657. The van der Waals surface area contributed by atoms with E-state index in [1.54, 1.807) is 23.1 Å². The van der Waals surface area contributed by atoms with Gasteiger partial charge >= 0.3 is 0 Å². The number of hydrogen-bond donors (Lipinski definition) is 0. The lowest BCUT2D eigenvalue weighted by atomic mass is 10.1. The topological polar surface area (TPSA) is 32.7 Å². The van der Waals surface area contributed by atoms with Gasteiger partial charge in [0.05, 0.1) is 5.69 Å². The van der Waals surface area contributed by atoms with Crippen molar-refractivity contribution in [1.82, 2.24) is 0 Å². The van der Waals surface area contributed by atoms with Crippen molar-refractivity contribution in [2.24, 2.45) is 4.99 Å². The van der Waals surface area contributed by atoms with E-state index >= 15 is 0 Å². The van der Waals surface area contributed by atoms with Gasteiger partial charge in [-0.1, -0.05) is 71.3 Å². The first-order valence-electron chi connectivity index (χ1n) is 9.05. The molecule has 0 bridgehead atoms. The number of carbonyl (C=O) groups excluding carboxylic acids is 1. The molecule has 3 aromatic carbocycles. The Labute approximate surface area is 169 Å². The number of anilines is 1. The van der Waals surface area contributed by atoms with Gasteiger partial charge in [-0.25, -0.2) is 4.99 Å². The zero-order valence-electron chi connectivity index (χ0n) is 15.7. The van der Waals surface area contributed by atoms with E-state index in [2.05, 4.69) is 4.99 Å². The average molecular weight is 387 g/mol. The van der Waals surface area contributed by atoms with Crippen molar-refractivity contribution in [1.29, 1.82) is 0 Å². The SMILES string of the molecule is Cc1ccc(C2=N/C(=C/c3ccc(Cl)cc3)C(=O)N2c2ccc(C)cc2)cc1. The molecule has 0 saturated carbocycles. The van der Waals surface area contributed by atoms with E-state index in [-0.39, 0.29) is 5.91 Å². The van der Waals surface area contributed by atoms with Gasteiger partial charge in [-0.3, -0.25) is 9.69 Å². The highest BCUT2D eigenvalue weighted by Crippen LogP contribution is 2.28. The summed E-state index contributed by atoms with van der Waals surface area (Å²) in [6, 6.07) is 23.3. The molecule has 0 atom stereocenters. The number of benzene rings is 3. The summed E-state index contributed by atoms with van der Waals surface area (Å²) in [7, 11) is 0. The molecule has 0 N–H and O–H groups in total. The molecule has 4 rings (SSSR count). The van der Waals surface area contributed by atoms with E-state index in [4.69, 9.17) is 11.6 Å². The fourth-order valence-corrected chi connectivity index (χ4v) is 3.19. The molecule has 1 heterocycles. The minimum atomic E-state index is -0.144. The number of aliphatic imine (C=N–C) groups is 1. The van der Waals surface area contributed by atoms with Crippen LogP contribution in [0.2, 0.25) is 5.02 Å². The molecule has 3 nitrogen and oxygen atoms in total. The number of carbonyl (C=O) groups is 1. The number of halogens is 1. The molecule has 0 aromatic heterocycles. The molecular weight excluding hydrogens is 368 g/mol. The fourth-order valence-electron chi connectivity index (χ4n) is 3.06. The van der Waals surface area contributed by atoms with Gasteiger partial charge in [0.1, 0.15) is 11.5 Å². The second-order valence-corrected chi connectivity index (χ2v) is 7.30. The Morgan fingerprint density at radius 1 is 0.821 bits per heavy atom. The van der Waals surface area contributed by atoms with Crippen LogP contribution < -0.4 is 4.90 Å². The average Bonchev–Trinajstić information content (AvgIpc) is 3.01. The predicted octanol–water partition coefficient (Wildman–Crippen LogP) is 5.79. The number of aryl methyl sites for hydroxylation is 2. The summed E-state index contributed by atoms with van der Waals surface area (Å²) < 4.78 is 0. The number of nitrogens with zero attached hydrogens (tertiary/aromatic N) is 2. The molecule has 0 saturated heterocycles. The third-order valence-corrected chi connectivity index (χ3v) is 4.89. The number of amidine groups is 1. The second kappa shape index (κ2) is 7.45. The van der Waals surface area contributed by atoms with Crippen molar-refractivity contribution in [3.8, 4) is 0 Å². The van der Waals surface area contributed by atoms with E-state index in [1.165, 1.54) is 0 Å². The minimum absolute atomic E-state index is 0.144. The lowest BCUT2D eigenvalue weighted by Crippen LogP contribution is -2.32. The van der Waals surface area contributed by atoms with E-state index < -0.39 is 0 Å². The van der Waals surface area contributed by atoms with E-state index in [1.807, 2.05) is 74.5 Å². The third kappa shape index (κ3) is 3.62. The normalized spacial score (nSPS) is 15.2. The molecule has 1 amide bonds. The summed E-state index contributed by atoms with van der Waals surface area (Å²) in [6.45, 7) is 4.06. The Bertz CT molecular complexity index is 1080. The maximum atomic E-state index is 13.2. The quantitative estimate of drug-likeness (QED) is 0.524. The van der Waals surface area contributed by atoms with Gasteiger partial charge in [0.2, 0.25) is 0 Å². The van der Waals surface area contributed by atoms with Gasteiger partial charge in [-0.2, -0.15) is 0 Å². The molecule has 0 spiro atoms. The fraction of sp³-hybridized carbons (Fsp3) is 0.0833. The molecule has 1 aliphatic rings. The lowest BCUT2D eigenvalue weighted by molar-refractivity contribution is -0.113. The maximum absolute atomic E-state index is 13.2. The first-order valence-corrected chi connectivity index (χ1v) is 9.43. The van der Waals surface area contributed by atoms with Crippen LogP contribution in [-0.4, -0.2) is 11.7 Å². The maximum Gasteiger partial charge on any atom is 0.282 e. The van der Waals surface area contributed by atoms with E-state index in [0.717, 1.165) is 27.9 Å². The Hall–Kier alpha value is -3.17.